The highest BCUT2D eigenvalue weighted by Gasteiger charge is 2.12. The van der Waals surface area contributed by atoms with E-state index in [1.54, 1.807) is 19.2 Å². The molecule has 3 rings (SSSR count). The van der Waals surface area contributed by atoms with Crippen LogP contribution in [0.1, 0.15) is 15.9 Å². The summed E-state index contributed by atoms with van der Waals surface area (Å²) in [6, 6.07) is 12.7. The fourth-order valence-electron chi connectivity index (χ4n) is 2.80. The van der Waals surface area contributed by atoms with E-state index in [9.17, 15) is 9.59 Å². The summed E-state index contributed by atoms with van der Waals surface area (Å²) in [5.74, 6) is -0.147. The minimum atomic E-state index is -0.412. The Morgan fingerprint density at radius 2 is 1.93 bits per heavy atom. The molecule has 8 heteroatoms. The summed E-state index contributed by atoms with van der Waals surface area (Å²) in [5.41, 5.74) is 2.26. The van der Waals surface area contributed by atoms with Crippen LogP contribution in [0.2, 0.25) is 0 Å². The first-order chi connectivity index (χ1) is 14.0. The predicted molar refractivity (Wildman–Crippen MR) is 110 cm³/mol. The van der Waals surface area contributed by atoms with Crippen molar-refractivity contribution in [2.24, 2.45) is 4.99 Å². The molecule has 0 unspecified atom stereocenters. The molecule has 2 aromatic carbocycles. The van der Waals surface area contributed by atoms with E-state index in [2.05, 4.69) is 4.99 Å². The molecule has 0 aliphatic heterocycles. The summed E-state index contributed by atoms with van der Waals surface area (Å²) in [7, 11) is 2.95. The van der Waals surface area contributed by atoms with Crippen LogP contribution in [0.25, 0.3) is 10.2 Å². The molecule has 0 saturated heterocycles. The third kappa shape index (κ3) is 4.90. The lowest BCUT2D eigenvalue weighted by Crippen LogP contribution is -2.21. The second-order valence-corrected chi connectivity index (χ2v) is 7.27. The monoisotopic (exact) mass is 414 g/mol. The summed E-state index contributed by atoms with van der Waals surface area (Å²) in [4.78, 5) is 29.0. The van der Waals surface area contributed by atoms with Crippen molar-refractivity contribution < 1.29 is 23.8 Å². The van der Waals surface area contributed by atoms with E-state index in [4.69, 9.17) is 14.2 Å². The topological polar surface area (TPSA) is 79.1 Å². The van der Waals surface area contributed by atoms with Gasteiger partial charge in [0.25, 0.3) is 5.91 Å². The molecule has 0 saturated carbocycles. The lowest BCUT2D eigenvalue weighted by atomic mass is 10.2. The molecule has 1 heterocycles. The van der Waals surface area contributed by atoms with Crippen LogP contribution in [0.15, 0.2) is 47.5 Å². The Labute approximate surface area is 172 Å². The van der Waals surface area contributed by atoms with Crippen molar-refractivity contribution in [1.82, 2.24) is 4.57 Å². The molecule has 0 spiro atoms. The summed E-state index contributed by atoms with van der Waals surface area (Å²) in [5, 5.41) is 0. The number of hydrogen-bond donors (Lipinski definition) is 0. The van der Waals surface area contributed by atoms with Crippen molar-refractivity contribution >= 4 is 33.4 Å². The van der Waals surface area contributed by atoms with Crippen molar-refractivity contribution in [2.45, 2.75) is 13.5 Å². The van der Waals surface area contributed by atoms with E-state index in [1.807, 2.05) is 41.8 Å². The fraction of sp³-hybridized carbons (Fsp3) is 0.286. The molecular formula is C21H22N2O5S. The number of aromatic nitrogens is 1. The first kappa shape index (κ1) is 20.8. The number of carbonyl (C=O) groups is 2. The predicted octanol–water partition coefficient (Wildman–Crippen LogP) is 2.95. The standard InChI is InChI=1S/C21H22N2O5S/c1-14-6-4-5-7-17(14)28-13-19(24)22-21-23(10-11-26-2)16-9-8-15(20(25)27-3)12-18(16)29-21/h4-9,12H,10-11,13H2,1-3H3. The molecule has 0 radical (unpaired) electrons. The van der Waals surface area contributed by atoms with Gasteiger partial charge in [0.05, 0.1) is 29.5 Å². The molecule has 7 nitrogen and oxygen atoms in total. The van der Waals surface area contributed by atoms with Crippen LogP contribution in [-0.4, -0.2) is 43.9 Å². The summed E-state index contributed by atoms with van der Waals surface area (Å²) in [6.07, 6.45) is 0. The minimum absolute atomic E-state index is 0.156. The molecule has 1 amide bonds. The zero-order valence-electron chi connectivity index (χ0n) is 16.5. The van der Waals surface area contributed by atoms with Gasteiger partial charge in [-0.05, 0) is 36.8 Å². The van der Waals surface area contributed by atoms with Gasteiger partial charge in [-0.2, -0.15) is 4.99 Å². The number of methoxy groups -OCH3 is 2. The molecule has 0 bridgehead atoms. The van der Waals surface area contributed by atoms with E-state index < -0.39 is 5.97 Å². The van der Waals surface area contributed by atoms with Crippen LogP contribution in [0.4, 0.5) is 0 Å². The van der Waals surface area contributed by atoms with Crippen molar-refractivity contribution in [3.63, 3.8) is 0 Å². The second-order valence-electron chi connectivity index (χ2n) is 6.26. The second kappa shape index (κ2) is 9.49. The number of carbonyl (C=O) groups excluding carboxylic acids is 2. The Kier molecular flexibility index (Phi) is 6.79. The number of amides is 1. The SMILES string of the molecule is COCCn1c(=NC(=O)COc2ccccc2C)sc2cc(C(=O)OC)ccc21. The molecule has 152 valence electrons. The van der Waals surface area contributed by atoms with Gasteiger partial charge in [-0.1, -0.05) is 29.5 Å². The van der Waals surface area contributed by atoms with E-state index in [0.717, 1.165) is 15.8 Å². The highest BCUT2D eigenvalue weighted by molar-refractivity contribution is 7.16. The maximum atomic E-state index is 12.4. The lowest BCUT2D eigenvalue weighted by Gasteiger charge is -2.06. The van der Waals surface area contributed by atoms with E-state index in [1.165, 1.54) is 18.4 Å². The van der Waals surface area contributed by atoms with Gasteiger partial charge in [0.1, 0.15) is 5.75 Å². The summed E-state index contributed by atoms with van der Waals surface area (Å²) in [6.45, 7) is 2.75. The average molecular weight is 414 g/mol. The first-order valence-corrected chi connectivity index (χ1v) is 9.81. The zero-order chi connectivity index (χ0) is 20.8. The largest absolute Gasteiger partial charge is 0.483 e. The van der Waals surface area contributed by atoms with E-state index in [0.29, 0.717) is 29.3 Å². The number of para-hydroxylation sites is 1. The molecule has 0 atom stereocenters. The number of benzene rings is 2. The minimum Gasteiger partial charge on any atom is -0.483 e. The highest BCUT2D eigenvalue weighted by Crippen LogP contribution is 2.20. The van der Waals surface area contributed by atoms with Gasteiger partial charge in [0, 0.05) is 13.7 Å². The fourth-order valence-corrected chi connectivity index (χ4v) is 3.91. The van der Waals surface area contributed by atoms with Gasteiger partial charge in [-0.25, -0.2) is 4.79 Å². The van der Waals surface area contributed by atoms with Crippen LogP contribution >= 0.6 is 11.3 Å². The molecule has 0 aliphatic rings. The normalized spacial score (nSPS) is 11.6. The molecule has 3 aromatic rings. The molecule has 0 N–H and O–H groups in total. The molecule has 0 fully saturated rings. The first-order valence-electron chi connectivity index (χ1n) is 9.00. The Bertz CT molecular complexity index is 1100. The van der Waals surface area contributed by atoms with Crippen LogP contribution in [-0.2, 0) is 20.8 Å². The number of rotatable bonds is 7. The molecule has 29 heavy (non-hydrogen) atoms. The molecule has 1 aromatic heterocycles. The van der Waals surface area contributed by atoms with E-state index >= 15 is 0 Å². The number of nitrogens with zero attached hydrogens (tertiary/aromatic N) is 2. The smallest absolute Gasteiger partial charge is 0.337 e. The van der Waals surface area contributed by atoms with E-state index in [-0.39, 0.29) is 12.5 Å². The lowest BCUT2D eigenvalue weighted by molar-refractivity contribution is -0.120. The van der Waals surface area contributed by atoms with Gasteiger partial charge in [0.15, 0.2) is 11.4 Å². The van der Waals surface area contributed by atoms with Crippen LogP contribution < -0.4 is 9.54 Å². The van der Waals surface area contributed by atoms with Gasteiger partial charge < -0.3 is 18.8 Å². The average Bonchev–Trinajstić information content (AvgIpc) is 3.06. The number of aryl methyl sites for hydroxylation is 1. The Morgan fingerprint density at radius 3 is 2.66 bits per heavy atom. The zero-order valence-corrected chi connectivity index (χ0v) is 17.3. The Hall–Kier alpha value is -2.97. The number of thiazole rings is 1. The van der Waals surface area contributed by atoms with Gasteiger partial charge in [-0.15, -0.1) is 0 Å². The third-order valence-electron chi connectivity index (χ3n) is 4.29. The highest BCUT2D eigenvalue weighted by atomic mass is 32.1. The Balaban J connectivity index is 1.91. The number of ether oxygens (including phenoxy) is 3. The maximum Gasteiger partial charge on any atom is 0.337 e. The van der Waals surface area contributed by atoms with Crippen molar-refractivity contribution in [3.8, 4) is 5.75 Å². The van der Waals surface area contributed by atoms with Gasteiger partial charge in [-0.3, -0.25) is 4.79 Å². The molecule has 0 aliphatic carbocycles. The summed E-state index contributed by atoms with van der Waals surface area (Å²) < 4.78 is 18.3. The van der Waals surface area contributed by atoms with Crippen LogP contribution in [0.5, 0.6) is 5.75 Å². The number of esters is 1. The van der Waals surface area contributed by atoms with Crippen molar-refractivity contribution in [3.05, 3.63) is 58.4 Å². The molecular weight excluding hydrogens is 392 g/mol. The third-order valence-corrected chi connectivity index (χ3v) is 5.33. The van der Waals surface area contributed by atoms with Crippen molar-refractivity contribution in [1.29, 1.82) is 0 Å². The number of hydrogen-bond acceptors (Lipinski definition) is 6. The quantitative estimate of drug-likeness (QED) is 0.556. The Morgan fingerprint density at radius 1 is 1.14 bits per heavy atom. The van der Waals surface area contributed by atoms with Crippen LogP contribution in [0, 0.1) is 6.92 Å². The van der Waals surface area contributed by atoms with Crippen molar-refractivity contribution in [2.75, 3.05) is 27.4 Å². The van der Waals surface area contributed by atoms with Crippen LogP contribution in [0.3, 0.4) is 0 Å². The van der Waals surface area contributed by atoms with Gasteiger partial charge in [0.2, 0.25) is 0 Å². The summed E-state index contributed by atoms with van der Waals surface area (Å²) >= 11 is 1.33. The van der Waals surface area contributed by atoms with Gasteiger partial charge >= 0.3 is 5.97 Å². The maximum absolute atomic E-state index is 12.4. The number of fused-ring (bicyclic) bond motifs is 1.